The normalized spacial score (nSPS) is 30.8. The first-order chi connectivity index (χ1) is 28.3. The van der Waals surface area contributed by atoms with Crippen molar-refractivity contribution in [2.24, 2.45) is 35.5 Å². The molecular formula is C57H55N. The number of anilines is 3. The van der Waals surface area contributed by atoms with Gasteiger partial charge in [-0.1, -0.05) is 125 Å². The summed E-state index contributed by atoms with van der Waals surface area (Å²) in [5, 5.41) is 0. The van der Waals surface area contributed by atoms with Gasteiger partial charge in [0.05, 0.1) is 0 Å². The maximum absolute atomic E-state index is 2.68. The molecule has 0 aromatic heterocycles. The lowest BCUT2D eigenvalue weighted by molar-refractivity contribution is 0.0426. The summed E-state index contributed by atoms with van der Waals surface area (Å²) in [4.78, 5) is 2.64. The van der Waals surface area contributed by atoms with Crippen LogP contribution >= 0.6 is 0 Å². The van der Waals surface area contributed by atoms with Gasteiger partial charge in [0.25, 0.3) is 0 Å². The van der Waals surface area contributed by atoms with E-state index in [1.165, 1.54) is 113 Å². The Morgan fingerprint density at radius 3 is 1.74 bits per heavy atom. The minimum Gasteiger partial charge on any atom is -0.310 e. The molecular weight excluding hydrogens is 699 g/mol. The molecule has 8 atom stereocenters. The molecule has 0 aliphatic heterocycles. The highest BCUT2D eigenvalue weighted by molar-refractivity contribution is 5.91. The summed E-state index contributed by atoms with van der Waals surface area (Å²) in [6.45, 7) is 9.98. The molecule has 6 aromatic rings. The standard InChI is InChI=1S/C57H55N/c1-34-25-37-27-35(2)57(39(26-34)29-37)52-16-10-7-12-44(52)47-23-20-42(32-54(47)57)58(41-19-22-46-43-11-5-8-14-49(43)55(3,4)53(46)31-41)40-21-24-51-48(30-40)45-13-6-9-15-50(45)56(51)33-36-17-18-38(56)28-36/h5-16,19-24,30-32,34-39H,17-18,25-29,33H2,1-4H3/t34-,35+,36?,37?,38+,39-,56+,57?/m1/s1. The van der Waals surface area contributed by atoms with E-state index in [9.17, 15) is 0 Å². The summed E-state index contributed by atoms with van der Waals surface area (Å²) >= 11 is 0. The maximum Gasteiger partial charge on any atom is 0.0468 e. The Bertz CT molecular complexity index is 2710. The lowest BCUT2D eigenvalue weighted by atomic mass is 9.49. The molecule has 2 spiro atoms. The average Bonchev–Trinajstić information content (AvgIpc) is 4.03. The van der Waals surface area contributed by atoms with E-state index >= 15 is 0 Å². The molecule has 1 heteroatoms. The molecule has 1 nitrogen and oxygen atoms in total. The second-order valence-electron chi connectivity index (χ2n) is 20.7. The molecule has 0 amide bonds. The Labute approximate surface area is 345 Å². The molecule has 0 heterocycles. The summed E-state index contributed by atoms with van der Waals surface area (Å²) < 4.78 is 0. The van der Waals surface area contributed by atoms with E-state index in [4.69, 9.17) is 0 Å². The quantitative estimate of drug-likeness (QED) is 0.174. The van der Waals surface area contributed by atoms with E-state index < -0.39 is 0 Å². The van der Waals surface area contributed by atoms with Gasteiger partial charge in [0.15, 0.2) is 0 Å². The highest BCUT2D eigenvalue weighted by atomic mass is 15.1. The molecule has 0 radical (unpaired) electrons. The van der Waals surface area contributed by atoms with E-state index in [1.807, 2.05) is 0 Å². The van der Waals surface area contributed by atoms with Crippen molar-refractivity contribution in [1.29, 1.82) is 0 Å². The maximum atomic E-state index is 2.68. The number of rotatable bonds is 3. The Morgan fingerprint density at radius 1 is 0.448 bits per heavy atom. The van der Waals surface area contributed by atoms with Gasteiger partial charge in [-0.2, -0.15) is 0 Å². The van der Waals surface area contributed by atoms with Crippen LogP contribution in [0.3, 0.4) is 0 Å². The second-order valence-corrected chi connectivity index (χ2v) is 20.7. The molecule has 4 bridgehead atoms. The van der Waals surface area contributed by atoms with Gasteiger partial charge < -0.3 is 4.90 Å². The fourth-order valence-electron chi connectivity index (χ4n) is 15.6. The molecule has 288 valence electrons. The number of nitrogens with zero attached hydrogens (tertiary/aromatic N) is 1. The van der Waals surface area contributed by atoms with Crippen molar-refractivity contribution in [2.45, 2.75) is 95.3 Å². The van der Waals surface area contributed by atoms with Crippen molar-refractivity contribution in [2.75, 3.05) is 4.90 Å². The largest absolute Gasteiger partial charge is 0.310 e. The van der Waals surface area contributed by atoms with Crippen LogP contribution < -0.4 is 4.90 Å². The van der Waals surface area contributed by atoms with E-state index in [0.29, 0.717) is 11.8 Å². The van der Waals surface area contributed by atoms with Gasteiger partial charge in [-0.3, -0.25) is 0 Å². The molecule has 4 saturated carbocycles. The Balaban J connectivity index is 1.03. The van der Waals surface area contributed by atoms with Crippen LogP contribution in [0.15, 0.2) is 127 Å². The van der Waals surface area contributed by atoms with Gasteiger partial charge >= 0.3 is 0 Å². The van der Waals surface area contributed by atoms with Crippen molar-refractivity contribution in [3.05, 3.63) is 161 Å². The summed E-state index contributed by atoms with van der Waals surface area (Å²) in [6.07, 6.45) is 10.9. The monoisotopic (exact) mass is 753 g/mol. The van der Waals surface area contributed by atoms with Crippen molar-refractivity contribution >= 4 is 17.1 Å². The number of hydrogen-bond donors (Lipinski definition) is 0. The first-order valence-corrected chi connectivity index (χ1v) is 22.8. The summed E-state index contributed by atoms with van der Waals surface area (Å²) in [7, 11) is 0. The molecule has 7 aliphatic carbocycles. The van der Waals surface area contributed by atoms with E-state index in [1.54, 1.807) is 22.3 Å². The zero-order valence-electron chi connectivity index (χ0n) is 34.7. The Morgan fingerprint density at radius 2 is 1.02 bits per heavy atom. The van der Waals surface area contributed by atoms with Crippen molar-refractivity contribution < 1.29 is 0 Å². The lowest BCUT2D eigenvalue weighted by Gasteiger charge is -2.54. The van der Waals surface area contributed by atoms with Gasteiger partial charge in [0.2, 0.25) is 0 Å². The van der Waals surface area contributed by atoms with E-state index in [0.717, 1.165) is 23.7 Å². The zero-order valence-corrected chi connectivity index (χ0v) is 34.7. The highest BCUT2D eigenvalue weighted by Crippen LogP contribution is 2.67. The smallest absolute Gasteiger partial charge is 0.0468 e. The van der Waals surface area contributed by atoms with Crippen LogP contribution in [-0.4, -0.2) is 0 Å². The summed E-state index contributed by atoms with van der Waals surface area (Å²) in [5.41, 5.74) is 21.8. The predicted molar refractivity (Wildman–Crippen MR) is 240 cm³/mol. The van der Waals surface area contributed by atoms with Crippen LogP contribution in [0.4, 0.5) is 17.1 Å². The van der Waals surface area contributed by atoms with Crippen LogP contribution in [0.1, 0.15) is 112 Å². The fraction of sp³-hybridized carbons (Fsp3) is 0.368. The Kier molecular flexibility index (Phi) is 6.84. The lowest BCUT2D eigenvalue weighted by Crippen LogP contribution is -2.49. The molecule has 0 saturated heterocycles. The fourth-order valence-corrected chi connectivity index (χ4v) is 15.6. The van der Waals surface area contributed by atoms with Gasteiger partial charge in [-0.25, -0.2) is 0 Å². The second kappa shape index (κ2) is 11.7. The molecule has 6 aromatic carbocycles. The predicted octanol–water partition coefficient (Wildman–Crippen LogP) is 14.9. The third-order valence-electron chi connectivity index (χ3n) is 17.6. The first-order valence-electron chi connectivity index (χ1n) is 22.8. The van der Waals surface area contributed by atoms with Crippen LogP contribution in [0.25, 0.3) is 33.4 Å². The van der Waals surface area contributed by atoms with Gasteiger partial charge in [0.1, 0.15) is 0 Å². The highest BCUT2D eigenvalue weighted by Gasteiger charge is 2.58. The SMILES string of the molecule is C[C@@H]1CC2C[C@@H](C1)C1(c3ccccc3-c3ccc(N(c4ccc5c(c4)-c4ccccc4[C@@]54CC5CC[C@H]4C5)c4ccc5c(c4)C(C)(C)c4ccccc4-5)cc31)[C@@H](C)C2. The van der Waals surface area contributed by atoms with Crippen LogP contribution in [0, 0.1) is 35.5 Å². The molecule has 7 aliphatic rings. The van der Waals surface area contributed by atoms with Gasteiger partial charge in [-0.15, -0.1) is 0 Å². The third-order valence-corrected chi connectivity index (χ3v) is 17.6. The molecule has 0 N–H and O–H groups in total. The molecule has 4 fully saturated rings. The van der Waals surface area contributed by atoms with Crippen LogP contribution in [0.2, 0.25) is 0 Å². The summed E-state index contributed by atoms with van der Waals surface area (Å²) in [6, 6.07) is 50.8. The van der Waals surface area contributed by atoms with Crippen LogP contribution in [0.5, 0.6) is 0 Å². The average molecular weight is 754 g/mol. The van der Waals surface area contributed by atoms with Crippen LogP contribution in [-0.2, 0) is 16.2 Å². The topological polar surface area (TPSA) is 3.24 Å². The van der Waals surface area contributed by atoms with Crippen molar-refractivity contribution in [1.82, 2.24) is 0 Å². The molecule has 3 unspecified atom stereocenters. The van der Waals surface area contributed by atoms with Gasteiger partial charge in [0, 0.05) is 33.3 Å². The molecule has 58 heavy (non-hydrogen) atoms. The first kappa shape index (κ1) is 34.0. The van der Waals surface area contributed by atoms with E-state index in [2.05, 4.69) is 160 Å². The number of fused-ring (bicyclic) bond motifs is 19. The third kappa shape index (κ3) is 4.19. The number of benzene rings is 6. The Hall–Kier alpha value is -4.88. The summed E-state index contributed by atoms with van der Waals surface area (Å²) in [5.74, 6) is 4.55. The minimum atomic E-state index is -0.0754. The number of hydrogen-bond acceptors (Lipinski definition) is 1. The van der Waals surface area contributed by atoms with E-state index in [-0.39, 0.29) is 16.2 Å². The minimum absolute atomic E-state index is 0.0470. The molecule has 13 rings (SSSR count). The van der Waals surface area contributed by atoms with Crippen molar-refractivity contribution in [3.8, 4) is 33.4 Å². The van der Waals surface area contributed by atoms with Gasteiger partial charge in [-0.05, 0) is 184 Å². The van der Waals surface area contributed by atoms with Crippen molar-refractivity contribution in [3.63, 3.8) is 0 Å². The zero-order chi connectivity index (χ0) is 38.7.